The zero-order chi connectivity index (χ0) is 13.7. The largest absolute Gasteiger partial charge is 0.409 e. The Bertz CT molecular complexity index is 479. The van der Waals surface area contributed by atoms with Crippen LogP contribution in [0.2, 0.25) is 5.02 Å². The van der Waals surface area contributed by atoms with Gasteiger partial charge in [-0.1, -0.05) is 23.7 Å². The summed E-state index contributed by atoms with van der Waals surface area (Å²) >= 11 is 8.13. The summed E-state index contributed by atoms with van der Waals surface area (Å²) < 4.78 is 0.971. The molecule has 4 N–H and O–H groups in total. The SMILES string of the molecule is CCC(C(=O)Nc1ccc(I)cc1Cl)/C(N)=N/O. The van der Waals surface area contributed by atoms with Gasteiger partial charge >= 0.3 is 0 Å². The average molecular weight is 382 g/mol. The molecule has 0 saturated carbocycles. The molecule has 0 aromatic heterocycles. The number of hydrogen-bond acceptors (Lipinski definition) is 3. The lowest BCUT2D eigenvalue weighted by Crippen LogP contribution is -2.34. The van der Waals surface area contributed by atoms with Gasteiger partial charge in [-0.3, -0.25) is 4.79 Å². The van der Waals surface area contributed by atoms with Crippen molar-refractivity contribution in [3.8, 4) is 0 Å². The molecule has 0 bridgehead atoms. The van der Waals surface area contributed by atoms with E-state index in [-0.39, 0.29) is 11.7 Å². The standard InChI is InChI=1S/C11H13ClIN3O2/c1-2-7(10(14)16-18)11(17)15-9-4-3-6(13)5-8(9)12/h3-5,7,18H,2H2,1H3,(H2,14,16)(H,15,17). The van der Waals surface area contributed by atoms with Gasteiger partial charge in [0.1, 0.15) is 0 Å². The molecule has 7 heteroatoms. The number of nitrogens with one attached hydrogen (secondary N) is 1. The van der Waals surface area contributed by atoms with Gasteiger partial charge in [0.05, 0.1) is 16.6 Å². The van der Waals surface area contributed by atoms with Crippen LogP contribution in [0.4, 0.5) is 5.69 Å². The number of anilines is 1. The number of halogens is 2. The third kappa shape index (κ3) is 3.74. The minimum Gasteiger partial charge on any atom is -0.409 e. The first-order valence-electron chi connectivity index (χ1n) is 5.23. The minimum absolute atomic E-state index is 0.114. The van der Waals surface area contributed by atoms with Crippen molar-refractivity contribution in [1.82, 2.24) is 0 Å². The third-order valence-corrected chi connectivity index (χ3v) is 3.37. The van der Waals surface area contributed by atoms with Gasteiger partial charge in [0.25, 0.3) is 0 Å². The predicted octanol–water partition coefficient (Wildman–Crippen LogP) is 2.66. The first-order chi connectivity index (χ1) is 8.49. The lowest BCUT2D eigenvalue weighted by molar-refractivity contribution is -0.118. The molecule has 1 rings (SSSR count). The van der Waals surface area contributed by atoms with E-state index in [0.29, 0.717) is 17.1 Å². The Morgan fingerprint density at radius 1 is 1.67 bits per heavy atom. The smallest absolute Gasteiger partial charge is 0.235 e. The summed E-state index contributed by atoms with van der Waals surface area (Å²) in [4.78, 5) is 11.9. The maximum atomic E-state index is 11.9. The van der Waals surface area contributed by atoms with E-state index in [1.807, 2.05) is 6.07 Å². The number of oxime groups is 1. The van der Waals surface area contributed by atoms with Crippen LogP contribution in [0.5, 0.6) is 0 Å². The molecule has 0 radical (unpaired) electrons. The van der Waals surface area contributed by atoms with Gasteiger partial charge in [-0.25, -0.2) is 0 Å². The molecule has 0 aliphatic carbocycles. The van der Waals surface area contributed by atoms with E-state index in [2.05, 4.69) is 33.1 Å². The van der Waals surface area contributed by atoms with Gasteiger partial charge in [-0.2, -0.15) is 0 Å². The van der Waals surface area contributed by atoms with Crippen molar-refractivity contribution in [2.24, 2.45) is 16.8 Å². The number of carbonyl (C=O) groups is 1. The van der Waals surface area contributed by atoms with Crippen molar-refractivity contribution in [2.45, 2.75) is 13.3 Å². The molecule has 1 amide bonds. The van der Waals surface area contributed by atoms with Crippen molar-refractivity contribution in [1.29, 1.82) is 0 Å². The summed E-state index contributed by atoms with van der Waals surface area (Å²) in [6.45, 7) is 1.78. The van der Waals surface area contributed by atoms with Gasteiger partial charge in [-0.15, -0.1) is 0 Å². The van der Waals surface area contributed by atoms with E-state index < -0.39 is 5.92 Å². The Kier molecular flexibility index (Phi) is 5.67. The van der Waals surface area contributed by atoms with Crippen LogP contribution < -0.4 is 11.1 Å². The van der Waals surface area contributed by atoms with E-state index in [9.17, 15) is 4.79 Å². The molecule has 0 spiro atoms. The third-order valence-electron chi connectivity index (χ3n) is 2.39. The van der Waals surface area contributed by atoms with Crippen molar-refractivity contribution in [2.75, 3.05) is 5.32 Å². The zero-order valence-corrected chi connectivity index (χ0v) is 12.6. The maximum absolute atomic E-state index is 11.9. The van der Waals surface area contributed by atoms with Gasteiger partial charge in [0.15, 0.2) is 5.84 Å². The number of nitrogens with zero attached hydrogens (tertiary/aromatic N) is 1. The minimum atomic E-state index is -0.676. The highest BCUT2D eigenvalue weighted by Gasteiger charge is 2.21. The molecule has 0 aliphatic heterocycles. The maximum Gasteiger partial charge on any atom is 0.235 e. The molecule has 0 heterocycles. The predicted molar refractivity (Wildman–Crippen MR) is 80.0 cm³/mol. The van der Waals surface area contributed by atoms with Gasteiger partial charge in [-0.05, 0) is 47.2 Å². The molecule has 18 heavy (non-hydrogen) atoms. The second-order valence-corrected chi connectivity index (χ2v) is 5.25. The van der Waals surface area contributed by atoms with E-state index in [1.54, 1.807) is 19.1 Å². The zero-order valence-electron chi connectivity index (χ0n) is 9.65. The molecule has 5 nitrogen and oxygen atoms in total. The van der Waals surface area contributed by atoms with Crippen LogP contribution in [0.15, 0.2) is 23.4 Å². The molecular weight excluding hydrogens is 368 g/mol. The lowest BCUT2D eigenvalue weighted by Gasteiger charge is -2.14. The highest BCUT2D eigenvalue weighted by atomic mass is 127. The number of amidine groups is 1. The summed E-state index contributed by atoms with van der Waals surface area (Å²) in [7, 11) is 0. The Labute approximate surface area is 124 Å². The van der Waals surface area contributed by atoms with E-state index in [4.69, 9.17) is 22.5 Å². The monoisotopic (exact) mass is 381 g/mol. The summed E-state index contributed by atoms with van der Waals surface area (Å²) in [5, 5.41) is 14.6. The van der Waals surface area contributed by atoms with Gasteiger partial charge < -0.3 is 16.3 Å². The van der Waals surface area contributed by atoms with Crippen molar-refractivity contribution in [3.05, 3.63) is 26.8 Å². The van der Waals surface area contributed by atoms with E-state index in [1.165, 1.54) is 0 Å². The molecule has 1 atom stereocenters. The highest BCUT2D eigenvalue weighted by Crippen LogP contribution is 2.24. The second-order valence-electron chi connectivity index (χ2n) is 3.60. The van der Waals surface area contributed by atoms with E-state index >= 15 is 0 Å². The fraction of sp³-hybridized carbons (Fsp3) is 0.273. The topological polar surface area (TPSA) is 87.7 Å². The molecule has 98 valence electrons. The van der Waals surface area contributed by atoms with Gasteiger partial charge in [0.2, 0.25) is 5.91 Å². The molecule has 1 aromatic rings. The molecule has 0 fully saturated rings. The fourth-order valence-electron chi connectivity index (χ4n) is 1.41. The molecular formula is C11H13ClIN3O2. The van der Waals surface area contributed by atoms with Crippen molar-refractivity contribution in [3.63, 3.8) is 0 Å². The van der Waals surface area contributed by atoms with Crippen LogP contribution >= 0.6 is 34.2 Å². The lowest BCUT2D eigenvalue weighted by atomic mass is 10.0. The van der Waals surface area contributed by atoms with Crippen molar-refractivity contribution < 1.29 is 10.0 Å². The number of amides is 1. The summed E-state index contributed by atoms with van der Waals surface area (Å²) in [6.07, 6.45) is 0.434. The van der Waals surface area contributed by atoms with Crippen LogP contribution in [-0.2, 0) is 4.79 Å². The first kappa shape index (κ1) is 15.0. The second kappa shape index (κ2) is 6.79. The van der Waals surface area contributed by atoms with Crippen LogP contribution in [0.3, 0.4) is 0 Å². The molecule has 1 unspecified atom stereocenters. The Balaban J connectivity index is 2.86. The number of rotatable bonds is 4. The van der Waals surface area contributed by atoms with Crippen LogP contribution in [0.25, 0.3) is 0 Å². The number of nitrogens with two attached hydrogens (primary N) is 1. The molecule has 0 saturated heterocycles. The van der Waals surface area contributed by atoms with Gasteiger partial charge in [0, 0.05) is 3.57 Å². The van der Waals surface area contributed by atoms with E-state index in [0.717, 1.165) is 3.57 Å². The van der Waals surface area contributed by atoms with Crippen LogP contribution in [-0.4, -0.2) is 17.0 Å². The number of benzene rings is 1. The highest BCUT2D eigenvalue weighted by molar-refractivity contribution is 14.1. The fourth-order valence-corrected chi connectivity index (χ4v) is 2.31. The Morgan fingerprint density at radius 3 is 2.83 bits per heavy atom. The quantitative estimate of drug-likeness (QED) is 0.246. The summed E-state index contributed by atoms with van der Waals surface area (Å²) in [5.41, 5.74) is 5.96. The summed E-state index contributed by atoms with van der Waals surface area (Å²) in [5.74, 6) is -1.14. The number of hydrogen-bond donors (Lipinski definition) is 3. The van der Waals surface area contributed by atoms with Crippen molar-refractivity contribution >= 4 is 51.6 Å². The van der Waals surface area contributed by atoms with Crippen LogP contribution in [0.1, 0.15) is 13.3 Å². The average Bonchev–Trinajstić information content (AvgIpc) is 2.33. The first-order valence-corrected chi connectivity index (χ1v) is 6.68. The van der Waals surface area contributed by atoms with Crippen LogP contribution in [0, 0.1) is 9.49 Å². The molecule has 1 aromatic carbocycles. The Morgan fingerprint density at radius 2 is 2.33 bits per heavy atom. The number of carbonyl (C=O) groups excluding carboxylic acids is 1. The summed E-state index contributed by atoms with van der Waals surface area (Å²) in [6, 6.07) is 5.27. The Hall–Kier alpha value is -1.02. The normalized spacial score (nSPS) is 13.2. The molecule has 0 aliphatic rings.